The third-order valence-electron chi connectivity index (χ3n) is 5.82. The summed E-state index contributed by atoms with van der Waals surface area (Å²) in [5.41, 5.74) is 1.25. The van der Waals surface area contributed by atoms with E-state index < -0.39 is 18.1 Å². The number of aromatic nitrogens is 1. The van der Waals surface area contributed by atoms with Crippen LogP contribution in [0.5, 0.6) is 0 Å². The topological polar surface area (TPSA) is 78.5 Å². The van der Waals surface area contributed by atoms with E-state index in [0.29, 0.717) is 48.3 Å². The van der Waals surface area contributed by atoms with Crippen LogP contribution in [0.15, 0.2) is 36.5 Å². The number of methoxy groups -OCH3 is 1. The maximum absolute atomic E-state index is 15.0. The van der Waals surface area contributed by atoms with Gasteiger partial charge < -0.3 is 19.3 Å². The Kier molecular flexibility index (Phi) is 7.03. The second-order valence-electron chi connectivity index (χ2n) is 7.81. The Hall–Kier alpha value is -3.18. The van der Waals surface area contributed by atoms with E-state index in [1.54, 1.807) is 36.2 Å². The van der Waals surface area contributed by atoms with Crippen molar-refractivity contribution in [2.24, 2.45) is 0 Å². The van der Waals surface area contributed by atoms with Crippen molar-refractivity contribution >= 4 is 52.4 Å². The lowest BCUT2D eigenvalue weighted by molar-refractivity contribution is 0.0677. The van der Waals surface area contributed by atoms with Crippen molar-refractivity contribution in [1.82, 2.24) is 14.8 Å². The summed E-state index contributed by atoms with van der Waals surface area (Å²) in [6.45, 7) is 1.99. The lowest BCUT2D eigenvalue weighted by atomic mass is 10.2. The van der Waals surface area contributed by atoms with Gasteiger partial charge in [0.2, 0.25) is 0 Å². The van der Waals surface area contributed by atoms with E-state index in [1.807, 2.05) is 4.90 Å². The van der Waals surface area contributed by atoms with Crippen molar-refractivity contribution < 1.29 is 23.5 Å². The molecular formula is C22H23ClFN5O4S. The number of pyridine rings is 1. The van der Waals surface area contributed by atoms with Gasteiger partial charge in [0, 0.05) is 39.4 Å². The molecule has 0 spiro atoms. The maximum Gasteiger partial charge on any atom is 0.416 e. The molecule has 0 aliphatic carbocycles. The number of anilines is 2. The van der Waals surface area contributed by atoms with Crippen molar-refractivity contribution in [2.45, 2.75) is 6.23 Å². The Bertz CT molecular complexity index is 1100. The molecule has 3 heterocycles. The molecule has 9 nitrogen and oxygen atoms in total. The highest BCUT2D eigenvalue weighted by Crippen LogP contribution is 2.29. The molecule has 2 aliphatic rings. The van der Waals surface area contributed by atoms with E-state index in [1.165, 1.54) is 29.2 Å². The fraction of sp³-hybridized carbons (Fsp3) is 0.364. The van der Waals surface area contributed by atoms with Crippen LogP contribution in [0.1, 0.15) is 10.4 Å². The molecule has 2 amide bonds. The number of nitrogens with zero attached hydrogens (tertiary/aromatic N) is 5. The molecule has 0 saturated carbocycles. The van der Waals surface area contributed by atoms with Crippen molar-refractivity contribution in [3.8, 4) is 0 Å². The van der Waals surface area contributed by atoms with Gasteiger partial charge in [0.05, 0.1) is 30.6 Å². The summed E-state index contributed by atoms with van der Waals surface area (Å²) in [5.74, 6) is -0.601. The highest BCUT2D eigenvalue weighted by atomic mass is 35.5. The number of cyclic esters (lactones) is 1. The third-order valence-corrected chi connectivity index (χ3v) is 6.49. The molecule has 1 atom stereocenters. The Balaban J connectivity index is 1.39. The van der Waals surface area contributed by atoms with Crippen LogP contribution in [-0.2, 0) is 9.47 Å². The van der Waals surface area contributed by atoms with Gasteiger partial charge in [-0.25, -0.2) is 14.2 Å². The average molecular weight is 508 g/mol. The lowest BCUT2D eigenvalue weighted by Crippen LogP contribution is -2.49. The summed E-state index contributed by atoms with van der Waals surface area (Å²) in [4.78, 5) is 35.4. The normalized spacial score (nSPS) is 18.1. The molecule has 0 radical (unpaired) electrons. The molecule has 1 aromatic heterocycles. The Morgan fingerprint density at radius 3 is 2.62 bits per heavy atom. The first-order chi connectivity index (χ1) is 16.3. The van der Waals surface area contributed by atoms with Gasteiger partial charge in [-0.15, -0.1) is 0 Å². The van der Waals surface area contributed by atoms with Gasteiger partial charge in [-0.05, 0) is 42.5 Å². The maximum atomic E-state index is 15.0. The van der Waals surface area contributed by atoms with Crippen molar-refractivity contribution in [1.29, 1.82) is 0 Å². The number of rotatable bonds is 4. The number of hydrogen-bond donors (Lipinski definition) is 0. The number of thiocarbonyl (C=S) groups is 1. The van der Waals surface area contributed by atoms with Crippen LogP contribution in [0.3, 0.4) is 0 Å². The number of benzene rings is 1. The largest absolute Gasteiger partial charge is 0.474 e. The van der Waals surface area contributed by atoms with E-state index in [-0.39, 0.29) is 17.6 Å². The van der Waals surface area contributed by atoms with Crippen LogP contribution < -0.4 is 9.80 Å². The van der Waals surface area contributed by atoms with Gasteiger partial charge in [0.15, 0.2) is 6.23 Å². The second-order valence-corrected chi connectivity index (χ2v) is 8.55. The predicted octanol–water partition coefficient (Wildman–Crippen LogP) is 2.98. The SMILES string of the molecule is COC(=S)N(C)C1CN(c2ccc(N3CCN(C(=O)c4ccc(Cl)nc4)CC3)c(F)c2)C(=O)O1. The van der Waals surface area contributed by atoms with Crippen LogP contribution in [0.4, 0.5) is 20.6 Å². The fourth-order valence-electron chi connectivity index (χ4n) is 3.88. The van der Waals surface area contributed by atoms with Crippen molar-refractivity contribution in [2.75, 3.05) is 56.7 Å². The molecule has 34 heavy (non-hydrogen) atoms. The monoisotopic (exact) mass is 507 g/mol. The lowest BCUT2D eigenvalue weighted by Gasteiger charge is -2.36. The van der Waals surface area contributed by atoms with Crippen molar-refractivity contribution in [3.63, 3.8) is 0 Å². The molecule has 2 aliphatic heterocycles. The average Bonchev–Trinajstić information content (AvgIpc) is 3.24. The number of hydrogen-bond acceptors (Lipinski definition) is 7. The minimum atomic E-state index is -0.635. The Labute approximate surface area is 206 Å². The molecule has 0 bridgehead atoms. The van der Waals surface area contributed by atoms with Crippen LogP contribution in [-0.4, -0.2) is 85.1 Å². The summed E-state index contributed by atoms with van der Waals surface area (Å²) >= 11 is 10.9. The van der Waals surface area contributed by atoms with Gasteiger partial charge in [0.25, 0.3) is 11.1 Å². The highest BCUT2D eigenvalue weighted by molar-refractivity contribution is 7.80. The minimum absolute atomic E-state index is 0.139. The quantitative estimate of drug-likeness (QED) is 0.462. The highest BCUT2D eigenvalue weighted by Gasteiger charge is 2.36. The summed E-state index contributed by atoms with van der Waals surface area (Å²) in [5, 5.41) is 0.509. The van der Waals surface area contributed by atoms with Gasteiger partial charge in [-0.2, -0.15) is 0 Å². The molecule has 12 heteroatoms. The first-order valence-corrected chi connectivity index (χ1v) is 11.3. The summed E-state index contributed by atoms with van der Waals surface area (Å²) in [6.07, 6.45) is 0.222. The zero-order valence-electron chi connectivity index (χ0n) is 18.6. The molecular weight excluding hydrogens is 485 g/mol. The van der Waals surface area contributed by atoms with Crippen LogP contribution in [0.2, 0.25) is 5.15 Å². The number of carbonyl (C=O) groups excluding carboxylic acids is 2. The third kappa shape index (κ3) is 4.85. The molecule has 4 rings (SSSR count). The van der Waals surface area contributed by atoms with E-state index in [9.17, 15) is 9.59 Å². The van der Waals surface area contributed by atoms with Crippen LogP contribution in [0, 0.1) is 5.82 Å². The minimum Gasteiger partial charge on any atom is -0.474 e. The van der Waals surface area contributed by atoms with Gasteiger partial charge in [-0.3, -0.25) is 14.6 Å². The first-order valence-electron chi connectivity index (χ1n) is 10.5. The zero-order valence-corrected chi connectivity index (χ0v) is 20.2. The van der Waals surface area contributed by atoms with E-state index >= 15 is 4.39 Å². The molecule has 1 unspecified atom stereocenters. The Morgan fingerprint density at radius 2 is 2.00 bits per heavy atom. The van der Waals surface area contributed by atoms with E-state index in [4.69, 9.17) is 33.3 Å². The zero-order chi connectivity index (χ0) is 24.4. The molecule has 180 valence electrons. The van der Waals surface area contributed by atoms with E-state index in [2.05, 4.69) is 4.98 Å². The van der Waals surface area contributed by atoms with Gasteiger partial charge >= 0.3 is 6.09 Å². The molecule has 1 aromatic carbocycles. The summed E-state index contributed by atoms with van der Waals surface area (Å²) in [6, 6.07) is 7.83. The number of halogens is 2. The van der Waals surface area contributed by atoms with Gasteiger partial charge in [-0.1, -0.05) is 11.6 Å². The second kappa shape index (κ2) is 9.98. The Morgan fingerprint density at radius 1 is 1.26 bits per heavy atom. The summed E-state index contributed by atoms with van der Waals surface area (Å²) in [7, 11) is 3.09. The standard InChI is InChI=1S/C22H23ClFN5O4S/c1-26(22(34)32-2)19-13-29(21(31)33-19)15-4-5-17(16(24)11-15)27-7-9-28(10-8-27)20(30)14-3-6-18(23)25-12-14/h3-6,11-12,19H,7-10,13H2,1-2H3. The smallest absolute Gasteiger partial charge is 0.416 e. The fourth-order valence-corrected chi connectivity index (χ4v) is 4.11. The number of piperazine rings is 1. The van der Waals surface area contributed by atoms with Gasteiger partial charge in [0.1, 0.15) is 11.0 Å². The predicted molar refractivity (Wildman–Crippen MR) is 129 cm³/mol. The first kappa shape index (κ1) is 24.0. The number of amides is 2. The van der Waals surface area contributed by atoms with Crippen LogP contribution >= 0.6 is 23.8 Å². The molecule has 0 N–H and O–H groups in total. The molecule has 2 fully saturated rings. The molecule has 2 saturated heterocycles. The number of carbonyl (C=O) groups is 2. The number of ether oxygens (including phenoxy) is 2. The summed E-state index contributed by atoms with van der Waals surface area (Å²) < 4.78 is 25.4. The molecule has 2 aromatic rings. The van der Waals surface area contributed by atoms with E-state index in [0.717, 1.165) is 0 Å². The van der Waals surface area contributed by atoms with Crippen LogP contribution in [0.25, 0.3) is 0 Å². The number of likely N-dealkylation sites (N-methyl/N-ethyl adjacent to an activating group) is 1. The van der Waals surface area contributed by atoms with Crippen molar-refractivity contribution in [3.05, 3.63) is 53.1 Å².